The summed E-state index contributed by atoms with van der Waals surface area (Å²) in [7, 11) is 0. The molecule has 3 heteroatoms. The SMILES string of the molecule is Cc1ccc(-c2nc3ccnc(-c4cccs4)c3cc2-c2ccccc2)cc1. The molecule has 3 heterocycles. The van der Waals surface area contributed by atoms with E-state index in [2.05, 4.69) is 84.0 Å². The van der Waals surface area contributed by atoms with Crippen LogP contribution in [0.5, 0.6) is 0 Å². The van der Waals surface area contributed by atoms with E-state index in [9.17, 15) is 0 Å². The molecule has 0 N–H and O–H groups in total. The number of benzene rings is 2. The molecule has 2 nitrogen and oxygen atoms in total. The van der Waals surface area contributed by atoms with E-state index >= 15 is 0 Å². The van der Waals surface area contributed by atoms with Crippen LogP contribution >= 0.6 is 11.3 Å². The normalized spacial score (nSPS) is 11.0. The maximum atomic E-state index is 5.09. The molecule has 0 spiro atoms. The van der Waals surface area contributed by atoms with E-state index < -0.39 is 0 Å². The Hall–Kier alpha value is -3.30. The number of aryl methyl sites for hydroxylation is 1. The molecule has 0 amide bonds. The molecule has 0 aliphatic heterocycles. The van der Waals surface area contributed by atoms with Crippen molar-refractivity contribution in [1.29, 1.82) is 0 Å². The quantitative estimate of drug-likeness (QED) is 0.338. The van der Waals surface area contributed by atoms with E-state index in [-0.39, 0.29) is 0 Å². The summed E-state index contributed by atoms with van der Waals surface area (Å²) >= 11 is 1.70. The highest BCUT2D eigenvalue weighted by Gasteiger charge is 2.15. The molecule has 0 saturated heterocycles. The lowest BCUT2D eigenvalue weighted by atomic mass is 9.96. The lowest BCUT2D eigenvalue weighted by molar-refractivity contribution is 1.33. The summed E-state index contributed by atoms with van der Waals surface area (Å²) in [6, 6.07) is 27.5. The number of nitrogens with zero attached hydrogens (tertiary/aromatic N) is 2. The summed E-state index contributed by atoms with van der Waals surface area (Å²) in [5.41, 5.74) is 7.62. The first-order valence-electron chi connectivity index (χ1n) is 9.26. The first-order chi connectivity index (χ1) is 13.8. The van der Waals surface area contributed by atoms with Gasteiger partial charge in [-0.25, -0.2) is 4.98 Å². The molecule has 0 bridgehead atoms. The van der Waals surface area contributed by atoms with Crippen LogP contribution in [0.3, 0.4) is 0 Å². The zero-order valence-electron chi connectivity index (χ0n) is 15.5. The second kappa shape index (κ2) is 7.02. The molecule has 0 unspecified atom stereocenters. The summed E-state index contributed by atoms with van der Waals surface area (Å²) in [4.78, 5) is 10.9. The molecule has 0 radical (unpaired) electrons. The lowest BCUT2D eigenvalue weighted by Gasteiger charge is -2.13. The monoisotopic (exact) mass is 378 g/mol. The van der Waals surface area contributed by atoms with Gasteiger partial charge in [0, 0.05) is 22.7 Å². The van der Waals surface area contributed by atoms with Crippen molar-refractivity contribution < 1.29 is 0 Å². The highest BCUT2D eigenvalue weighted by molar-refractivity contribution is 7.13. The zero-order chi connectivity index (χ0) is 18.9. The van der Waals surface area contributed by atoms with E-state index in [0.29, 0.717) is 0 Å². The van der Waals surface area contributed by atoms with Gasteiger partial charge in [0.2, 0.25) is 0 Å². The van der Waals surface area contributed by atoms with Gasteiger partial charge in [0.15, 0.2) is 0 Å². The maximum absolute atomic E-state index is 5.09. The Balaban J connectivity index is 1.83. The third-order valence-corrected chi connectivity index (χ3v) is 5.78. The van der Waals surface area contributed by atoms with E-state index in [4.69, 9.17) is 4.98 Å². The summed E-state index contributed by atoms with van der Waals surface area (Å²) < 4.78 is 0. The molecule has 5 rings (SSSR count). The number of fused-ring (bicyclic) bond motifs is 1. The fourth-order valence-corrected chi connectivity index (χ4v) is 4.21. The Labute approximate surface area is 168 Å². The topological polar surface area (TPSA) is 25.8 Å². The third kappa shape index (κ3) is 3.00. The van der Waals surface area contributed by atoms with Crippen molar-refractivity contribution >= 4 is 22.2 Å². The van der Waals surface area contributed by atoms with Gasteiger partial charge in [0.1, 0.15) is 0 Å². The van der Waals surface area contributed by atoms with Gasteiger partial charge in [-0.2, -0.15) is 0 Å². The molecule has 0 saturated carbocycles. The van der Waals surface area contributed by atoms with Crippen LogP contribution in [0.4, 0.5) is 0 Å². The van der Waals surface area contributed by atoms with Crippen molar-refractivity contribution in [3.8, 4) is 33.0 Å². The van der Waals surface area contributed by atoms with Crippen LogP contribution in [0.25, 0.3) is 43.9 Å². The van der Waals surface area contributed by atoms with Crippen LogP contribution in [0.1, 0.15) is 5.56 Å². The van der Waals surface area contributed by atoms with Crippen molar-refractivity contribution in [3.05, 3.63) is 96.0 Å². The van der Waals surface area contributed by atoms with E-state index in [1.165, 1.54) is 5.56 Å². The molecule has 0 atom stereocenters. The fraction of sp³-hybridized carbons (Fsp3) is 0.0400. The minimum absolute atomic E-state index is 0.966. The predicted octanol–water partition coefficient (Wildman–Crippen LogP) is 7.00. The van der Waals surface area contributed by atoms with Crippen molar-refractivity contribution in [2.24, 2.45) is 0 Å². The minimum atomic E-state index is 0.966. The van der Waals surface area contributed by atoms with Crippen molar-refractivity contribution in [3.63, 3.8) is 0 Å². The number of thiophene rings is 1. The molecule has 2 aromatic carbocycles. The first-order valence-corrected chi connectivity index (χ1v) is 10.1. The van der Waals surface area contributed by atoms with Gasteiger partial charge in [-0.15, -0.1) is 11.3 Å². The molecule has 134 valence electrons. The minimum Gasteiger partial charge on any atom is -0.255 e. The van der Waals surface area contributed by atoms with Gasteiger partial charge >= 0.3 is 0 Å². The number of hydrogen-bond donors (Lipinski definition) is 0. The van der Waals surface area contributed by atoms with Crippen LogP contribution < -0.4 is 0 Å². The third-order valence-electron chi connectivity index (χ3n) is 4.91. The standard InChI is InChI=1S/C25H18N2S/c1-17-9-11-19(12-10-17)24-20(18-6-3-2-4-7-18)16-21-22(27-24)13-14-26-25(21)23-8-5-15-28-23/h2-16H,1H3. The highest BCUT2D eigenvalue weighted by Crippen LogP contribution is 2.37. The van der Waals surface area contributed by atoms with E-state index in [1.54, 1.807) is 11.3 Å². The highest BCUT2D eigenvalue weighted by atomic mass is 32.1. The average molecular weight is 379 g/mol. The molecule has 0 fully saturated rings. The van der Waals surface area contributed by atoms with Gasteiger partial charge in [0.05, 0.1) is 21.8 Å². The summed E-state index contributed by atoms with van der Waals surface area (Å²) in [6.07, 6.45) is 1.85. The Morgan fingerprint density at radius 2 is 1.57 bits per heavy atom. The van der Waals surface area contributed by atoms with Gasteiger partial charge in [0.25, 0.3) is 0 Å². The summed E-state index contributed by atoms with van der Waals surface area (Å²) in [6.45, 7) is 2.11. The molecule has 5 aromatic rings. The van der Waals surface area contributed by atoms with Crippen LogP contribution in [0.2, 0.25) is 0 Å². The number of pyridine rings is 2. The predicted molar refractivity (Wildman–Crippen MR) is 118 cm³/mol. The van der Waals surface area contributed by atoms with E-state index in [1.807, 2.05) is 18.3 Å². The largest absolute Gasteiger partial charge is 0.255 e. The van der Waals surface area contributed by atoms with Crippen LogP contribution in [-0.2, 0) is 0 Å². The fourth-order valence-electron chi connectivity index (χ4n) is 3.48. The number of rotatable bonds is 3. The lowest BCUT2D eigenvalue weighted by Crippen LogP contribution is -1.94. The molecule has 0 aliphatic rings. The van der Waals surface area contributed by atoms with Crippen LogP contribution in [0, 0.1) is 6.92 Å². The van der Waals surface area contributed by atoms with Gasteiger partial charge in [-0.05, 0) is 36.1 Å². The molecule has 3 aromatic heterocycles. The Morgan fingerprint density at radius 1 is 0.750 bits per heavy atom. The second-order valence-electron chi connectivity index (χ2n) is 6.82. The molecular weight excluding hydrogens is 360 g/mol. The van der Waals surface area contributed by atoms with Gasteiger partial charge < -0.3 is 0 Å². The number of aromatic nitrogens is 2. The summed E-state index contributed by atoms with van der Waals surface area (Å²) in [5.74, 6) is 0. The van der Waals surface area contributed by atoms with Crippen LogP contribution in [-0.4, -0.2) is 9.97 Å². The Kier molecular flexibility index (Phi) is 4.22. The summed E-state index contributed by atoms with van der Waals surface area (Å²) in [5, 5.41) is 3.17. The zero-order valence-corrected chi connectivity index (χ0v) is 16.3. The molecule has 28 heavy (non-hydrogen) atoms. The molecule has 0 aliphatic carbocycles. The second-order valence-corrected chi connectivity index (χ2v) is 7.77. The Bertz CT molecular complexity index is 1240. The van der Waals surface area contributed by atoms with Crippen molar-refractivity contribution in [2.45, 2.75) is 6.92 Å². The van der Waals surface area contributed by atoms with Crippen molar-refractivity contribution in [2.75, 3.05) is 0 Å². The average Bonchev–Trinajstić information content (AvgIpc) is 3.28. The maximum Gasteiger partial charge on any atom is 0.0895 e. The van der Waals surface area contributed by atoms with Gasteiger partial charge in [-0.3, -0.25) is 4.98 Å². The Morgan fingerprint density at radius 3 is 2.32 bits per heavy atom. The van der Waals surface area contributed by atoms with Crippen molar-refractivity contribution in [1.82, 2.24) is 9.97 Å². The molecular formula is C25H18N2S. The van der Waals surface area contributed by atoms with E-state index in [0.717, 1.165) is 43.9 Å². The van der Waals surface area contributed by atoms with Crippen LogP contribution in [0.15, 0.2) is 90.4 Å². The smallest absolute Gasteiger partial charge is 0.0895 e. The first kappa shape index (κ1) is 16.8. The van der Waals surface area contributed by atoms with Gasteiger partial charge in [-0.1, -0.05) is 66.2 Å². The number of hydrogen-bond acceptors (Lipinski definition) is 3.